The van der Waals surface area contributed by atoms with Crippen LogP contribution in [-0.2, 0) is 4.79 Å². The topological polar surface area (TPSA) is 84.5 Å². The Hall–Kier alpha value is -2.81. The van der Waals surface area contributed by atoms with Gasteiger partial charge in [0.1, 0.15) is 5.82 Å². The molecule has 0 fully saturated rings. The average Bonchev–Trinajstić information content (AvgIpc) is 2.98. The van der Waals surface area contributed by atoms with Crippen LogP contribution in [-0.4, -0.2) is 37.5 Å². The van der Waals surface area contributed by atoms with Gasteiger partial charge in [0, 0.05) is 11.4 Å². The largest absolute Gasteiger partial charge is 0.272 e. The molecule has 2 aromatic heterocycles. The molecule has 3 aromatic rings. The van der Waals surface area contributed by atoms with E-state index in [0.29, 0.717) is 16.5 Å². The first kappa shape index (κ1) is 17.0. The molecule has 0 unspecified atom stereocenters. The van der Waals surface area contributed by atoms with Crippen molar-refractivity contribution in [2.45, 2.75) is 19.0 Å². The van der Waals surface area contributed by atoms with Gasteiger partial charge in [-0.25, -0.2) is 19.3 Å². The predicted octanol–water partition coefficient (Wildman–Crippen LogP) is 2.12. The highest BCUT2D eigenvalue weighted by Crippen LogP contribution is 2.14. The van der Waals surface area contributed by atoms with E-state index in [-0.39, 0.29) is 17.5 Å². The van der Waals surface area contributed by atoms with Gasteiger partial charge in [-0.1, -0.05) is 23.9 Å². The lowest BCUT2D eigenvalue weighted by atomic mass is 10.2. The van der Waals surface area contributed by atoms with E-state index in [2.05, 4.69) is 25.6 Å². The molecule has 0 bridgehead atoms. The number of hydrazone groups is 1. The summed E-state index contributed by atoms with van der Waals surface area (Å²) >= 11 is 1.20. The van der Waals surface area contributed by atoms with Crippen LogP contribution in [0.3, 0.4) is 0 Å². The fourth-order valence-corrected chi connectivity index (χ4v) is 2.71. The minimum absolute atomic E-state index is 0.121. The third-order valence-electron chi connectivity index (χ3n) is 3.20. The zero-order chi connectivity index (χ0) is 17.8. The molecule has 9 heteroatoms. The first-order valence-electron chi connectivity index (χ1n) is 7.42. The number of rotatable bonds is 5. The molecule has 0 radical (unpaired) electrons. The lowest BCUT2D eigenvalue weighted by Gasteiger charge is -1.98. The summed E-state index contributed by atoms with van der Waals surface area (Å²) in [6.07, 6.45) is 1.45. The maximum atomic E-state index is 12.8. The van der Waals surface area contributed by atoms with E-state index in [9.17, 15) is 9.18 Å². The molecule has 0 atom stereocenters. The number of carbonyl (C=O) groups is 1. The van der Waals surface area contributed by atoms with Gasteiger partial charge in [0.25, 0.3) is 11.7 Å². The summed E-state index contributed by atoms with van der Waals surface area (Å²) in [5, 5.41) is 8.62. The summed E-state index contributed by atoms with van der Waals surface area (Å²) < 4.78 is 14.4. The van der Waals surface area contributed by atoms with Crippen molar-refractivity contribution in [3.05, 3.63) is 53.1 Å². The average molecular weight is 358 g/mol. The first-order chi connectivity index (χ1) is 12.0. The standard InChI is InChI=1S/C16H15FN6OS/c1-10-7-11(2)23-15(19-10)20-16(22-23)25-9-14(24)21-18-8-12-3-5-13(17)6-4-12/h3-8H,9H2,1-2H3,(H,21,24). The van der Waals surface area contributed by atoms with Gasteiger partial charge in [-0.05, 0) is 37.6 Å². The number of halogens is 1. The van der Waals surface area contributed by atoms with Crippen molar-refractivity contribution < 1.29 is 9.18 Å². The summed E-state index contributed by atoms with van der Waals surface area (Å²) in [6.45, 7) is 3.81. The molecule has 2 heterocycles. The number of benzene rings is 1. The quantitative estimate of drug-likeness (QED) is 0.429. The number of thioether (sulfide) groups is 1. The van der Waals surface area contributed by atoms with Crippen LogP contribution in [0.15, 0.2) is 40.6 Å². The van der Waals surface area contributed by atoms with Crippen molar-refractivity contribution in [1.29, 1.82) is 0 Å². The van der Waals surface area contributed by atoms with Gasteiger partial charge < -0.3 is 0 Å². The molecule has 7 nitrogen and oxygen atoms in total. The van der Waals surface area contributed by atoms with Crippen molar-refractivity contribution in [3.63, 3.8) is 0 Å². The molecule has 0 spiro atoms. The second-order valence-corrected chi connectivity index (χ2v) is 6.22. The number of fused-ring (bicyclic) bond motifs is 1. The van der Waals surface area contributed by atoms with Crippen LogP contribution in [0.4, 0.5) is 4.39 Å². The third kappa shape index (κ3) is 4.38. The van der Waals surface area contributed by atoms with Crippen LogP contribution in [0.5, 0.6) is 0 Å². The fourth-order valence-electron chi connectivity index (χ4n) is 2.10. The Kier molecular flexibility index (Phi) is 5.03. The van der Waals surface area contributed by atoms with E-state index in [0.717, 1.165) is 11.4 Å². The molecular formula is C16H15FN6OS. The fraction of sp³-hybridized carbons (Fsp3) is 0.188. The smallest absolute Gasteiger partial charge is 0.253 e. The van der Waals surface area contributed by atoms with Crippen molar-refractivity contribution in [2.75, 3.05) is 5.75 Å². The molecule has 1 N–H and O–H groups in total. The number of nitrogens with one attached hydrogen (secondary N) is 1. The number of hydrogen-bond donors (Lipinski definition) is 1. The molecule has 128 valence electrons. The minimum Gasteiger partial charge on any atom is -0.272 e. The normalized spacial score (nSPS) is 11.3. The number of hydrogen-bond acceptors (Lipinski definition) is 6. The van der Waals surface area contributed by atoms with E-state index < -0.39 is 0 Å². The first-order valence-corrected chi connectivity index (χ1v) is 8.41. The second kappa shape index (κ2) is 7.39. The number of amides is 1. The van der Waals surface area contributed by atoms with Crippen LogP contribution < -0.4 is 5.43 Å². The van der Waals surface area contributed by atoms with Crippen molar-refractivity contribution in [3.8, 4) is 0 Å². The van der Waals surface area contributed by atoms with E-state index in [4.69, 9.17) is 0 Å². The van der Waals surface area contributed by atoms with Crippen molar-refractivity contribution in [1.82, 2.24) is 25.0 Å². The minimum atomic E-state index is -0.322. The van der Waals surface area contributed by atoms with Gasteiger partial charge >= 0.3 is 0 Å². The lowest BCUT2D eigenvalue weighted by molar-refractivity contribution is -0.118. The van der Waals surface area contributed by atoms with Gasteiger partial charge in [0.15, 0.2) is 0 Å². The van der Waals surface area contributed by atoms with Crippen molar-refractivity contribution >= 4 is 29.7 Å². The summed E-state index contributed by atoms with van der Waals surface area (Å²) in [5.74, 6) is 0.0191. The number of aryl methyl sites for hydroxylation is 2. The summed E-state index contributed by atoms with van der Waals surface area (Å²) in [6, 6.07) is 7.69. The van der Waals surface area contributed by atoms with E-state index in [1.54, 1.807) is 16.6 Å². The Balaban J connectivity index is 1.55. The van der Waals surface area contributed by atoms with E-state index >= 15 is 0 Å². The van der Waals surface area contributed by atoms with Crippen molar-refractivity contribution in [2.24, 2.45) is 5.10 Å². The van der Waals surface area contributed by atoms with Crippen LogP contribution >= 0.6 is 11.8 Å². The third-order valence-corrected chi connectivity index (χ3v) is 4.04. The summed E-state index contributed by atoms with van der Waals surface area (Å²) in [4.78, 5) is 20.4. The van der Waals surface area contributed by atoms with Gasteiger partial charge in [-0.3, -0.25) is 4.79 Å². The molecule has 0 saturated carbocycles. The zero-order valence-corrected chi connectivity index (χ0v) is 14.4. The summed E-state index contributed by atoms with van der Waals surface area (Å²) in [5.41, 5.74) is 4.89. The second-order valence-electron chi connectivity index (χ2n) is 5.28. The predicted molar refractivity (Wildman–Crippen MR) is 93.1 cm³/mol. The Bertz CT molecular complexity index is 938. The molecule has 0 aliphatic carbocycles. The van der Waals surface area contributed by atoms with Gasteiger partial charge in [0.05, 0.1) is 12.0 Å². The Morgan fingerprint density at radius 1 is 1.32 bits per heavy atom. The SMILES string of the molecule is Cc1cc(C)n2nc(SCC(=O)NN=Cc3ccc(F)cc3)nc2n1. The van der Waals surface area contributed by atoms with E-state index in [1.807, 2.05) is 19.9 Å². The lowest BCUT2D eigenvalue weighted by Crippen LogP contribution is -2.19. The molecule has 25 heavy (non-hydrogen) atoms. The number of aromatic nitrogens is 4. The van der Waals surface area contributed by atoms with Crippen LogP contribution in [0.2, 0.25) is 0 Å². The zero-order valence-electron chi connectivity index (χ0n) is 13.6. The maximum Gasteiger partial charge on any atom is 0.253 e. The van der Waals surface area contributed by atoms with Crippen LogP contribution in [0.25, 0.3) is 5.78 Å². The van der Waals surface area contributed by atoms with E-state index in [1.165, 1.54) is 30.1 Å². The van der Waals surface area contributed by atoms with Crippen LogP contribution in [0, 0.1) is 19.7 Å². The Morgan fingerprint density at radius 3 is 2.84 bits per heavy atom. The molecule has 0 aliphatic heterocycles. The molecule has 0 aliphatic rings. The van der Waals surface area contributed by atoms with Gasteiger partial charge in [-0.2, -0.15) is 10.1 Å². The number of nitrogens with zero attached hydrogens (tertiary/aromatic N) is 5. The highest BCUT2D eigenvalue weighted by Gasteiger charge is 2.10. The molecule has 0 saturated heterocycles. The van der Waals surface area contributed by atoms with Crippen LogP contribution in [0.1, 0.15) is 17.0 Å². The monoisotopic (exact) mass is 358 g/mol. The number of carbonyl (C=O) groups excluding carboxylic acids is 1. The van der Waals surface area contributed by atoms with Gasteiger partial charge in [-0.15, -0.1) is 5.10 Å². The molecule has 1 aromatic carbocycles. The van der Waals surface area contributed by atoms with Gasteiger partial charge in [0.2, 0.25) is 5.16 Å². The maximum absolute atomic E-state index is 12.8. The molecule has 1 amide bonds. The molecular weight excluding hydrogens is 343 g/mol. The highest BCUT2D eigenvalue weighted by molar-refractivity contribution is 7.99. The highest BCUT2D eigenvalue weighted by atomic mass is 32.2. The Morgan fingerprint density at radius 2 is 2.08 bits per heavy atom. The summed E-state index contributed by atoms with van der Waals surface area (Å²) in [7, 11) is 0. The Labute approximate surface area is 147 Å². The molecule has 3 rings (SSSR count).